The molecular weight excluding hydrogens is 302 g/mol. The van der Waals surface area contributed by atoms with Crippen LogP contribution >= 0.6 is 27.3 Å². The molecule has 0 unspecified atom stereocenters. The van der Waals surface area contributed by atoms with Gasteiger partial charge in [-0.05, 0) is 36.2 Å². The third-order valence-corrected chi connectivity index (χ3v) is 4.07. The average Bonchev–Trinajstić information content (AvgIpc) is 2.60. The van der Waals surface area contributed by atoms with Crippen molar-refractivity contribution in [3.8, 4) is 10.4 Å². The number of aromatic carboxylic acids is 1. The van der Waals surface area contributed by atoms with Gasteiger partial charge in [-0.25, -0.2) is 4.79 Å². The smallest absolute Gasteiger partial charge is 0.348 e. The van der Waals surface area contributed by atoms with Crippen molar-refractivity contribution in [3.63, 3.8) is 0 Å². The lowest BCUT2D eigenvalue weighted by atomic mass is 10.1. The highest BCUT2D eigenvalue weighted by molar-refractivity contribution is 9.10. The average molecular weight is 312 g/mol. The van der Waals surface area contributed by atoms with E-state index in [0.717, 1.165) is 20.5 Å². The molecule has 0 saturated heterocycles. The first-order valence-electron chi connectivity index (χ1n) is 4.88. The van der Waals surface area contributed by atoms with Crippen molar-refractivity contribution in [2.75, 3.05) is 5.73 Å². The van der Waals surface area contributed by atoms with Crippen LogP contribution in [0.25, 0.3) is 10.4 Å². The summed E-state index contributed by atoms with van der Waals surface area (Å²) in [5.41, 5.74) is 8.09. The lowest BCUT2D eigenvalue weighted by Gasteiger charge is -2.03. The molecule has 2 rings (SSSR count). The van der Waals surface area contributed by atoms with Crippen LogP contribution in [0.15, 0.2) is 28.7 Å². The minimum Gasteiger partial charge on any atom is -0.477 e. The Hall–Kier alpha value is -1.33. The van der Waals surface area contributed by atoms with Gasteiger partial charge in [-0.3, -0.25) is 0 Å². The largest absolute Gasteiger partial charge is 0.477 e. The number of carbonyl (C=O) groups is 1. The topological polar surface area (TPSA) is 63.3 Å². The second kappa shape index (κ2) is 4.50. The summed E-state index contributed by atoms with van der Waals surface area (Å²) >= 11 is 4.60. The van der Waals surface area contributed by atoms with Gasteiger partial charge in [-0.1, -0.05) is 22.0 Å². The minimum atomic E-state index is -0.978. The maximum atomic E-state index is 10.9. The number of rotatable bonds is 2. The fraction of sp³-hybridized carbons (Fsp3) is 0.0833. The molecule has 0 saturated carbocycles. The van der Waals surface area contributed by atoms with Crippen LogP contribution in [0.5, 0.6) is 0 Å². The number of thiophene rings is 1. The summed E-state index contributed by atoms with van der Waals surface area (Å²) in [5, 5.41) is 8.96. The number of carboxylic acids is 1. The summed E-state index contributed by atoms with van der Waals surface area (Å²) in [6.45, 7) is 1.98. The lowest BCUT2D eigenvalue weighted by Crippen LogP contribution is -1.96. The molecule has 2 aromatic rings. The van der Waals surface area contributed by atoms with Crippen LogP contribution in [0.1, 0.15) is 15.2 Å². The van der Waals surface area contributed by atoms with Gasteiger partial charge in [0, 0.05) is 9.35 Å². The number of hydrogen-bond acceptors (Lipinski definition) is 3. The number of anilines is 1. The van der Waals surface area contributed by atoms with Crippen molar-refractivity contribution in [2.45, 2.75) is 6.92 Å². The molecule has 3 N–H and O–H groups in total. The molecule has 17 heavy (non-hydrogen) atoms. The van der Waals surface area contributed by atoms with E-state index in [1.165, 1.54) is 11.3 Å². The van der Waals surface area contributed by atoms with Gasteiger partial charge in [-0.15, -0.1) is 11.3 Å². The highest BCUT2D eigenvalue weighted by Gasteiger charge is 2.14. The molecule has 1 aromatic heterocycles. The van der Waals surface area contributed by atoms with Crippen LogP contribution in [0.4, 0.5) is 5.69 Å². The third-order valence-electron chi connectivity index (χ3n) is 2.41. The number of nitrogen functional groups attached to an aromatic ring is 1. The second-order valence-corrected chi connectivity index (χ2v) is 5.63. The summed E-state index contributed by atoms with van der Waals surface area (Å²) in [7, 11) is 0. The SMILES string of the molecule is Cc1cc(Br)ccc1-c1cc(N)c(C(=O)O)s1. The first-order valence-corrected chi connectivity index (χ1v) is 6.49. The number of carboxylic acid groups (broad SMARTS) is 1. The summed E-state index contributed by atoms with van der Waals surface area (Å²) in [6, 6.07) is 7.59. The molecule has 0 radical (unpaired) electrons. The van der Waals surface area contributed by atoms with Gasteiger partial charge in [-0.2, -0.15) is 0 Å². The monoisotopic (exact) mass is 311 g/mol. The van der Waals surface area contributed by atoms with Crippen LogP contribution in [0.2, 0.25) is 0 Å². The van der Waals surface area contributed by atoms with Crippen molar-refractivity contribution in [1.29, 1.82) is 0 Å². The zero-order chi connectivity index (χ0) is 12.6. The van der Waals surface area contributed by atoms with Crippen LogP contribution in [0, 0.1) is 6.92 Å². The molecule has 3 nitrogen and oxygen atoms in total. The summed E-state index contributed by atoms with van der Waals surface area (Å²) in [5.74, 6) is -0.978. The quantitative estimate of drug-likeness (QED) is 0.887. The number of nitrogens with two attached hydrogens (primary N) is 1. The van der Waals surface area contributed by atoms with E-state index in [1.54, 1.807) is 6.07 Å². The normalized spacial score (nSPS) is 10.5. The standard InChI is InChI=1S/C12H10BrNO2S/c1-6-4-7(13)2-3-8(6)10-5-9(14)11(17-10)12(15)16/h2-5H,14H2,1H3,(H,15,16). The Morgan fingerprint density at radius 2 is 2.12 bits per heavy atom. The van der Waals surface area contributed by atoms with E-state index < -0.39 is 5.97 Å². The molecule has 88 valence electrons. The van der Waals surface area contributed by atoms with Crippen LogP contribution in [-0.4, -0.2) is 11.1 Å². The van der Waals surface area contributed by atoms with E-state index in [1.807, 2.05) is 25.1 Å². The Bertz CT molecular complexity index is 592. The van der Waals surface area contributed by atoms with E-state index >= 15 is 0 Å². The van der Waals surface area contributed by atoms with Gasteiger partial charge in [0.15, 0.2) is 0 Å². The Balaban J connectivity index is 2.53. The van der Waals surface area contributed by atoms with Gasteiger partial charge >= 0.3 is 5.97 Å². The van der Waals surface area contributed by atoms with Gasteiger partial charge in [0.1, 0.15) is 4.88 Å². The fourth-order valence-corrected chi connectivity index (χ4v) is 3.09. The van der Waals surface area contributed by atoms with Crippen LogP contribution < -0.4 is 5.73 Å². The van der Waals surface area contributed by atoms with Gasteiger partial charge < -0.3 is 10.8 Å². The Morgan fingerprint density at radius 3 is 2.65 bits per heavy atom. The van der Waals surface area contributed by atoms with Crippen molar-refractivity contribution < 1.29 is 9.90 Å². The highest BCUT2D eigenvalue weighted by Crippen LogP contribution is 2.35. The molecule has 0 amide bonds. The molecule has 0 atom stereocenters. The van der Waals surface area contributed by atoms with E-state index in [0.29, 0.717) is 5.69 Å². The Morgan fingerprint density at radius 1 is 1.41 bits per heavy atom. The molecular formula is C12H10BrNO2S. The molecule has 0 aliphatic heterocycles. The highest BCUT2D eigenvalue weighted by atomic mass is 79.9. The summed E-state index contributed by atoms with van der Waals surface area (Å²) in [4.78, 5) is 12.0. The van der Waals surface area contributed by atoms with E-state index in [9.17, 15) is 4.79 Å². The number of aryl methyl sites for hydroxylation is 1. The molecule has 0 spiro atoms. The summed E-state index contributed by atoms with van der Waals surface area (Å²) < 4.78 is 1.00. The lowest BCUT2D eigenvalue weighted by molar-refractivity contribution is 0.0703. The zero-order valence-electron chi connectivity index (χ0n) is 9.03. The van der Waals surface area contributed by atoms with E-state index in [4.69, 9.17) is 10.8 Å². The Kier molecular flexibility index (Phi) is 3.22. The van der Waals surface area contributed by atoms with E-state index in [-0.39, 0.29) is 4.88 Å². The van der Waals surface area contributed by atoms with Gasteiger partial charge in [0.05, 0.1) is 5.69 Å². The zero-order valence-corrected chi connectivity index (χ0v) is 11.4. The molecule has 0 bridgehead atoms. The third kappa shape index (κ3) is 2.35. The van der Waals surface area contributed by atoms with Crippen molar-refractivity contribution in [2.24, 2.45) is 0 Å². The van der Waals surface area contributed by atoms with E-state index in [2.05, 4.69) is 15.9 Å². The first kappa shape index (κ1) is 12.1. The summed E-state index contributed by atoms with van der Waals surface area (Å²) in [6.07, 6.45) is 0. The Labute approximate surface area is 111 Å². The van der Waals surface area contributed by atoms with Gasteiger partial charge in [0.2, 0.25) is 0 Å². The van der Waals surface area contributed by atoms with Crippen LogP contribution in [-0.2, 0) is 0 Å². The fourth-order valence-electron chi connectivity index (χ4n) is 1.61. The minimum absolute atomic E-state index is 0.197. The molecule has 1 aromatic carbocycles. The molecule has 0 fully saturated rings. The van der Waals surface area contributed by atoms with Crippen molar-refractivity contribution in [3.05, 3.63) is 39.2 Å². The predicted octanol–water partition coefficient (Wildman–Crippen LogP) is 3.77. The van der Waals surface area contributed by atoms with Gasteiger partial charge in [0.25, 0.3) is 0 Å². The second-order valence-electron chi connectivity index (χ2n) is 3.66. The number of hydrogen-bond donors (Lipinski definition) is 2. The molecule has 5 heteroatoms. The molecule has 0 aliphatic carbocycles. The first-order chi connectivity index (χ1) is 7.99. The molecule has 0 aliphatic rings. The molecule has 1 heterocycles. The van der Waals surface area contributed by atoms with Crippen molar-refractivity contribution >= 4 is 38.9 Å². The number of benzene rings is 1. The number of halogens is 1. The maximum absolute atomic E-state index is 10.9. The maximum Gasteiger partial charge on any atom is 0.348 e. The predicted molar refractivity (Wildman–Crippen MR) is 73.6 cm³/mol. The van der Waals surface area contributed by atoms with Crippen molar-refractivity contribution in [1.82, 2.24) is 0 Å². The van der Waals surface area contributed by atoms with Crippen LogP contribution in [0.3, 0.4) is 0 Å².